The second-order valence-corrected chi connectivity index (χ2v) is 1.55. The maximum Gasteiger partial charge on any atom is 0.248 e. The normalized spacial score (nSPS) is 9.00. The average Bonchev–Trinajstić information content (AvgIpc) is 1.90. The van der Waals surface area contributed by atoms with Crippen LogP contribution < -0.4 is 11.0 Å². The van der Waals surface area contributed by atoms with E-state index in [1.807, 2.05) is 5.48 Å². The largest absolute Gasteiger partial charge is 0.327 e. The highest BCUT2D eigenvalue weighted by Crippen LogP contribution is 1.96. The lowest BCUT2D eigenvalue weighted by Gasteiger charge is -1.92. The molecule has 3 N–H and O–H groups in total. The summed E-state index contributed by atoms with van der Waals surface area (Å²) in [6.07, 6.45) is 1.38. The predicted octanol–water partition coefficient (Wildman–Crippen LogP) is 0.176. The van der Waals surface area contributed by atoms with E-state index in [1.165, 1.54) is 18.3 Å². The van der Waals surface area contributed by atoms with Gasteiger partial charge >= 0.3 is 0 Å². The van der Waals surface area contributed by atoms with Crippen molar-refractivity contribution in [2.75, 3.05) is 5.48 Å². The molecule has 0 saturated carbocycles. The monoisotopic (exact) mass is 126 g/mol. The Hall–Kier alpha value is -1.29. The van der Waals surface area contributed by atoms with E-state index < -0.39 is 0 Å². The number of aromatic nitrogens is 1. The summed E-state index contributed by atoms with van der Waals surface area (Å²) in [7, 11) is 0. The summed E-state index contributed by atoms with van der Waals surface area (Å²) >= 11 is 0. The average molecular weight is 126 g/mol. The lowest BCUT2D eigenvalue weighted by molar-refractivity contribution is 0.388. The fourth-order valence-corrected chi connectivity index (χ4v) is 0.480. The van der Waals surface area contributed by atoms with Crippen LogP contribution in [0.5, 0.6) is 0 Å². The van der Waals surface area contributed by atoms with Crippen LogP contribution in [0.15, 0.2) is 23.1 Å². The topological polar surface area (TPSA) is 65.1 Å². The summed E-state index contributed by atoms with van der Waals surface area (Å²) in [4.78, 5) is 12.7. The Kier molecular flexibility index (Phi) is 1.51. The van der Waals surface area contributed by atoms with Crippen LogP contribution in [0, 0.1) is 0 Å². The SMILES string of the molecule is O=c1ccc(NO)c[nH]1. The van der Waals surface area contributed by atoms with Gasteiger partial charge in [-0.3, -0.25) is 15.5 Å². The van der Waals surface area contributed by atoms with E-state index in [2.05, 4.69) is 4.98 Å². The minimum absolute atomic E-state index is 0.186. The molecule has 0 atom stereocenters. The second-order valence-electron chi connectivity index (χ2n) is 1.55. The zero-order valence-corrected chi connectivity index (χ0v) is 4.59. The van der Waals surface area contributed by atoms with Gasteiger partial charge in [0.15, 0.2) is 0 Å². The highest BCUT2D eigenvalue weighted by molar-refractivity contribution is 5.36. The third-order valence-corrected chi connectivity index (χ3v) is 0.913. The quantitative estimate of drug-likeness (QED) is 0.470. The van der Waals surface area contributed by atoms with Gasteiger partial charge < -0.3 is 4.98 Å². The molecule has 0 amide bonds. The summed E-state index contributed by atoms with van der Waals surface area (Å²) in [5.74, 6) is 0. The molecule has 4 heteroatoms. The Labute approximate surface area is 51.1 Å². The molecule has 1 heterocycles. The van der Waals surface area contributed by atoms with E-state index in [9.17, 15) is 4.79 Å². The molecular formula is C5H6N2O2. The Morgan fingerprint density at radius 3 is 2.78 bits per heavy atom. The predicted molar refractivity (Wildman–Crippen MR) is 32.5 cm³/mol. The zero-order chi connectivity index (χ0) is 6.69. The van der Waals surface area contributed by atoms with E-state index in [0.717, 1.165) is 0 Å². The maximum atomic E-state index is 10.4. The van der Waals surface area contributed by atoms with Crippen LogP contribution in [0.2, 0.25) is 0 Å². The fourth-order valence-electron chi connectivity index (χ4n) is 0.480. The van der Waals surface area contributed by atoms with Crippen molar-refractivity contribution in [1.82, 2.24) is 4.98 Å². The number of pyridine rings is 1. The van der Waals surface area contributed by atoms with Crippen LogP contribution in [0.25, 0.3) is 0 Å². The van der Waals surface area contributed by atoms with Gasteiger partial charge in [0.05, 0.1) is 5.69 Å². The molecule has 1 aromatic rings. The molecule has 0 aliphatic heterocycles. The molecule has 1 rings (SSSR count). The van der Waals surface area contributed by atoms with Crippen molar-refractivity contribution in [2.45, 2.75) is 0 Å². The van der Waals surface area contributed by atoms with Gasteiger partial charge in [-0.2, -0.15) is 0 Å². The molecule has 0 aliphatic rings. The molecule has 48 valence electrons. The lowest BCUT2D eigenvalue weighted by atomic mass is 10.4. The second kappa shape index (κ2) is 2.32. The van der Waals surface area contributed by atoms with E-state index in [4.69, 9.17) is 5.21 Å². The van der Waals surface area contributed by atoms with Crippen molar-refractivity contribution >= 4 is 5.69 Å². The van der Waals surface area contributed by atoms with Crippen LogP contribution >= 0.6 is 0 Å². The van der Waals surface area contributed by atoms with Crippen LogP contribution in [0.4, 0.5) is 5.69 Å². The van der Waals surface area contributed by atoms with Crippen molar-refractivity contribution in [3.63, 3.8) is 0 Å². The molecule has 4 nitrogen and oxygen atoms in total. The first-order valence-electron chi connectivity index (χ1n) is 2.42. The summed E-state index contributed by atoms with van der Waals surface area (Å²) < 4.78 is 0. The van der Waals surface area contributed by atoms with E-state index >= 15 is 0 Å². The van der Waals surface area contributed by atoms with Gasteiger partial charge in [-0.1, -0.05) is 0 Å². The smallest absolute Gasteiger partial charge is 0.248 e. The van der Waals surface area contributed by atoms with Crippen molar-refractivity contribution in [2.24, 2.45) is 0 Å². The lowest BCUT2D eigenvalue weighted by Crippen LogP contribution is -2.02. The van der Waals surface area contributed by atoms with Crippen molar-refractivity contribution < 1.29 is 5.21 Å². The zero-order valence-electron chi connectivity index (χ0n) is 4.59. The molecule has 0 aromatic carbocycles. The van der Waals surface area contributed by atoms with Gasteiger partial charge in [-0.05, 0) is 6.07 Å². The van der Waals surface area contributed by atoms with Gasteiger partial charge in [0.1, 0.15) is 0 Å². The summed E-state index contributed by atoms with van der Waals surface area (Å²) in [6.45, 7) is 0. The van der Waals surface area contributed by atoms with E-state index in [1.54, 1.807) is 0 Å². The maximum absolute atomic E-state index is 10.4. The number of hydrogen-bond acceptors (Lipinski definition) is 3. The summed E-state index contributed by atoms with van der Waals surface area (Å²) in [6, 6.07) is 2.79. The van der Waals surface area contributed by atoms with Crippen LogP contribution in [0.1, 0.15) is 0 Å². The Morgan fingerprint density at radius 1 is 1.56 bits per heavy atom. The third-order valence-electron chi connectivity index (χ3n) is 0.913. The van der Waals surface area contributed by atoms with E-state index in [-0.39, 0.29) is 5.56 Å². The summed E-state index contributed by atoms with van der Waals surface area (Å²) in [5, 5.41) is 8.26. The summed E-state index contributed by atoms with van der Waals surface area (Å²) in [5.41, 5.74) is 2.17. The number of hydrogen-bond donors (Lipinski definition) is 3. The van der Waals surface area contributed by atoms with E-state index in [0.29, 0.717) is 5.69 Å². The molecule has 1 aromatic heterocycles. The molecular weight excluding hydrogens is 120 g/mol. The van der Waals surface area contributed by atoms with Gasteiger partial charge in [0.25, 0.3) is 0 Å². The first kappa shape index (κ1) is 5.84. The number of anilines is 1. The van der Waals surface area contributed by atoms with Gasteiger partial charge in [-0.25, -0.2) is 0 Å². The van der Waals surface area contributed by atoms with Crippen molar-refractivity contribution in [1.29, 1.82) is 0 Å². The highest BCUT2D eigenvalue weighted by Gasteiger charge is 1.84. The fraction of sp³-hybridized carbons (Fsp3) is 0. The third kappa shape index (κ3) is 1.30. The minimum Gasteiger partial charge on any atom is -0.327 e. The van der Waals surface area contributed by atoms with Crippen molar-refractivity contribution in [3.8, 4) is 0 Å². The molecule has 0 saturated heterocycles. The minimum atomic E-state index is -0.186. The van der Waals surface area contributed by atoms with Crippen LogP contribution in [0.3, 0.4) is 0 Å². The molecule has 0 fully saturated rings. The Balaban J connectivity index is 3.02. The number of rotatable bonds is 1. The van der Waals surface area contributed by atoms with Gasteiger partial charge in [0, 0.05) is 12.3 Å². The number of H-pyrrole nitrogens is 1. The first-order chi connectivity index (χ1) is 4.33. The number of nitrogens with one attached hydrogen (secondary N) is 2. The first-order valence-corrected chi connectivity index (χ1v) is 2.42. The van der Waals surface area contributed by atoms with Crippen LogP contribution in [-0.4, -0.2) is 10.2 Å². The molecule has 0 spiro atoms. The molecule has 9 heavy (non-hydrogen) atoms. The Bertz CT molecular complexity index is 222. The molecule has 0 radical (unpaired) electrons. The standard InChI is InChI=1S/C5H6N2O2/c8-5-2-1-4(7-9)3-6-5/h1-3,7,9H,(H,6,8). The Morgan fingerprint density at radius 2 is 2.33 bits per heavy atom. The molecule has 0 aliphatic carbocycles. The molecule has 0 unspecified atom stereocenters. The highest BCUT2D eigenvalue weighted by atomic mass is 16.5. The van der Waals surface area contributed by atoms with Crippen molar-refractivity contribution in [3.05, 3.63) is 28.7 Å². The number of aromatic amines is 1. The van der Waals surface area contributed by atoms with Gasteiger partial charge in [0.2, 0.25) is 5.56 Å². The van der Waals surface area contributed by atoms with Gasteiger partial charge in [-0.15, -0.1) is 0 Å². The molecule has 0 bridgehead atoms. The van der Waals surface area contributed by atoms with Crippen LogP contribution in [-0.2, 0) is 0 Å².